The van der Waals surface area contributed by atoms with Crippen molar-refractivity contribution in [3.05, 3.63) is 52.2 Å². The molecule has 2 aromatic rings. The lowest BCUT2D eigenvalue weighted by Crippen LogP contribution is -2.32. The first-order valence-electron chi connectivity index (χ1n) is 10.5. The number of ether oxygens (including phenoxy) is 1. The van der Waals surface area contributed by atoms with Gasteiger partial charge in [0.25, 0.3) is 11.7 Å². The van der Waals surface area contributed by atoms with E-state index >= 15 is 0 Å². The van der Waals surface area contributed by atoms with Crippen molar-refractivity contribution in [2.45, 2.75) is 33.2 Å². The van der Waals surface area contributed by atoms with Gasteiger partial charge in [-0.3, -0.25) is 9.59 Å². The van der Waals surface area contributed by atoms with Gasteiger partial charge in [-0.05, 0) is 65.5 Å². The number of amides is 1. The SMILES string of the molecule is CCOC(=O)c1[nH]c(C)c(/C(O)=C2\C(=O)C(=O)N(CCCN(C)C)[C@@H]2c2ccco2)c1C. The number of esters is 1. The summed E-state index contributed by atoms with van der Waals surface area (Å²) < 4.78 is 10.6. The van der Waals surface area contributed by atoms with Crippen molar-refractivity contribution in [3.8, 4) is 0 Å². The van der Waals surface area contributed by atoms with Crippen LogP contribution in [0.3, 0.4) is 0 Å². The van der Waals surface area contributed by atoms with Gasteiger partial charge < -0.3 is 29.0 Å². The number of aromatic amines is 1. The number of likely N-dealkylation sites (tertiary alicyclic amines) is 1. The van der Waals surface area contributed by atoms with E-state index in [4.69, 9.17) is 9.15 Å². The zero-order valence-corrected chi connectivity index (χ0v) is 19.0. The van der Waals surface area contributed by atoms with Crippen molar-refractivity contribution in [2.24, 2.45) is 0 Å². The Morgan fingerprint density at radius 1 is 1.31 bits per heavy atom. The molecule has 9 nitrogen and oxygen atoms in total. The molecule has 0 bridgehead atoms. The molecule has 0 aliphatic carbocycles. The fraction of sp³-hybridized carbons (Fsp3) is 0.435. The van der Waals surface area contributed by atoms with Crippen molar-refractivity contribution in [3.63, 3.8) is 0 Å². The number of aryl methyl sites for hydroxylation is 1. The van der Waals surface area contributed by atoms with E-state index < -0.39 is 23.7 Å². The van der Waals surface area contributed by atoms with Crippen LogP contribution >= 0.6 is 0 Å². The lowest BCUT2D eigenvalue weighted by molar-refractivity contribution is -0.140. The molecular weight excluding hydrogens is 414 g/mol. The standard InChI is InChI=1S/C23H29N3O6/c1-6-31-23(30)18-13(2)16(14(3)24-18)20(27)17-19(15-9-7-12-32-15)26(22(29)21(17)28)11-8-10-25(4)5/h7,9,12,19,24,27H,6,8,10-11H2,1-5H3/b20-17+/t19-/m1/s1. The van der Waals surface area contributed by atoms with Gasteiger partial charge in [-0.15, -0.1) is 0 Å². The van der Waals surface area contributed by atoms with Crippen LogP contribution < -0.4 is 0 Å². The topological polar surface area (TPSA) is 116 Å². The number of carbonyl (C=O) groups is 3. The van der Waals surface area contributed by atoms with E-state index in [0.29, 0.717) is 35.5 Å². The van der Waals surface area contributed by atoms with Gasteiger partial charge in [0.1, 0.15) is 23.3 Å². The number of nitrogens with one attached hydrogen (secondary N) is 1. The van der Waals surface area contributed by atoms with E-state index in [-0.39, 0.29) is 23.6 Å². The first kappa shape index (κ1) is 23.3. The van der Waals surface area contributed by atoms with Crippen molar-refractivity contribution >= 4 is 23.4 Å². The summed E-state index contributed by atoms with van der Waals surface area (Å²) in [6.07, 6.45) is 2.10. The molecule has 0 aromatic carbocycles. The van der Waals surface area contributed by atoms with Gasteiger partial charge in [-0.25, -0.2) is 4.79 Å². The Hall–Kier alpha value is -3.33. The highest BCUT2D eigenvalue weighted by Gasteiger charge is 2.47. The predicted molar refractivity (Wildman–Crippen MR) is 117 cm³/mol. The van der Waals surface area contributed by atoms with Gasteiger partial charge in [0.2, 0.25) is 0 Å². The van der Waals surface area contributed by atoms with Crippen molar-refractivity contribution in [1.82, 2.24) is 14.8 Å². The van der Waals surface area contributed by atoms with E-state index in [9.17, 15) is 19.5 Å². The van der Waals surface area contributed by atoms with Crippen molar-refractivity contribution in [1.29, 1.82) is 0 Å². The fourth-order valence-electron chi connectivity index (χ4n) is 4.06. The van der Waals surface area contributed by atoms with E-state index in [1.54, 1.807) is 32.9 Å². The molecule has 1 aliphatic heterocycles. The minimum absolute atomic E-state index is 0.0598. The second-order valence-electron chi connectivity index (χ2n) is 8.01. The average Bonchev–Trinajstić information content (AvgIpc) is 3.41. The van der Waals surface area contributed by atoms with Gasteiger partial charge >= 0.3 is 5.97 Å². The Morgan fingerprint density at radius 3 is 2.62 bits per heavy atom. The Labute approximate surface area is 186 Å². The third-order valence-corrected chi connectivity index (χ3v) is 5.51. The number of furan rings is 1. The summed E-state index contributed by atoms with van der Waals surface area (Å²) in [7, 11) is 3.85. The minimum atomic E-state index is -0.855. The fourth-order valence-corrected chi connectivity index (χ4v) is 4.06. The number of carbonyl (C=O) groups excluding carboxylic acids is 3. The highest BCUT2D eigenvalue weighted by Crippen LogP contribution is 2.41. The second-order valence-corrected chi connectivity index (χ2v) is 8.01. The average molecular weight is 444 g/mol. The van der Waals surface area contributed by atoms with E-state index in [0.717, 1.165) is 6.54 Å². The summed E-state index contributed by atoms with van der Waals surface area (Å²) in [6, 6.07) is 2.48. The predicted octanol–water partition coefficient (Wildman–Crippen LogP) is 2.77. The highest BCUT2D eigenvalue weighted by atomic mass is 16.5. The van der Waals surface area contributed by atoms with E-state index in [1.165, 1.54) is 11.2 Å². The number of H-pyrrole nitrogens is 1. The van der Waals surface area contributed by atoms with Crippen LogP contribution in [-0.4, -0.2) is 71.3 Å². The quantitative estimate of drug-likeness (QED) is 0.279. The summed E-state index contributed by atoms with van der Waals surface area (Å²) in [6.45, 7) is 6.29. The molecule has 2 aromatic heterocycles. The third kappa shape index (κ3) is 4.20. The van der Waals surface area contributed by atoms with Crippen LogP contribution in [0.4, 0.5) is 0 Å². The number of aliphatic hydroxyl groups excluding tert-OH is 1. The largest absolute Gasteiger partial charge is 0.507 e. The summed E-state index contributed by atoms with van der Waals surface area (Å²) in [4.78, 5) is 44.5. The van der Waals surface area contributed by atoms with Crippen LogP contribution in [0.5, 0.6) is 0 Å². The molecule has 0 saturated carbocycles. The number of Topliss-reactive ketones (excluding diaryl/α,β-unsaturated/α-hetero) is 1. The van der Waals surface area contributed by atoms with Crippen LogP contribution in [-0.2, 0) is 14.3 Å². The number of hydrogen-bond acceptors (Lipinski definition) is 7. The molecule has 3 rings (SSSR count). The molecule has 2 N–H and O–H groups in total. The van der Waals surface area contributed by atoms with Crippen LogP contribution in [0.2, 0.25) is 0 Å². The van der Waals surface area contributed by atoms with Gasteiger partial charge in [0.05, 0.1) is 18.4 Å². The maximum Gasteiger partial charge on any atom is 0.355 e. The zero-order valence-electron chi connectivity index (χ0n) is 19.0. The molecule has 1 fully saturated rings. The Balaban J connectivity index is 2.10. The zero-order chi connectivity index (χ0) is 23.6. The first-order chi connectivity index (χ1) is 15.2. The summed E-state index contributed by atoms with van der Waals surface area (Å²) in [5, 5.41) is 11.3. The van der Waals surface area contributed by atoms with E-state index in [1.807, 2.05) is 19.0 Å². The third-order valence-electron chi connectivity index (χ3n) is 5.51. The molecule has 32 heavy (non-hydrogen) atoms. The highest BCUT2D eigenvalue weighted by molar-refractivity contribution is 6.46. The second kappa shape index (κ2) is 9.44. The number of nitrogens with zero attached hydrogens (tertiary/aromatic N) is 2. The molecule has 3 heterocycles. The van der Waals surface area contributed by atoms with Gasteiger partial charge in [-0.1, -0.05) is 0 Å². The Kier molecular flexibility index (Phi) is 6.88. The number of hydrogen-bond donors (Lipinski definition) is 2. The molecule has 0 spiro atoms. The van der Waals surface area contributed by atoms with Gasteiger partial charge in [0, 0.05) is 17.8 Å². The molecule has 0 radical (unpaired) electrons. The molecular formula is C23H29N3O6. The van der Waals surface area contributed by atoms with Gasteiger partial charge in [-0.2, -0.15) is 0 Å². The molecule has 172 valence electrons. The van der Waals surface area contributed by atoms with Crippen LogP contribution in [0.15, 0.2) is 28.4 Å². The Morgan fingerprint density at radius 2 is 2.03 bits per heavy atom. The summed E-state index contributed by atoms with van der Waals surface area (Å²) in [5.41, 5.74) is 1.36. The number of ketones is 1. The van der Waals surface area contributed by atoms with Crippen LogP contribution in [0.1, 0.15) is 52.5 Å². The number of rotatable bonds is 8. The summed E-state index contributed by atoms with van der Waals surface area (Å²) >= 11 is 0. The molecule has 9 heteroatoms. The molecule has 1 amide bonds. The van der Waals surface area contributed by atoms with Crippen LogP contribution in [0.25, 0.3) is 5.76 Å². The summed E-state index contributed by atoms with van der Waals surface area (Å²) in [5.74, 6) is -2.00. The normalized spacial score (nSPS) is 18.1. The molecule has 1 aliphatic rings. The van der Waals surface area contributed by atoms with Crippen molar-refractivity contribution in [2.75, 3.05) is 33.8 Å². The van der Waals surface area contributed by atoms with Crippen molar-refractivity contribution < 1.29 is 28.6 Å². The van der Waals surface area contributed by atoms with Gasteiger partial charge in [0.15, 0.2) is 0 Å². The molecule has 1 atom stereocenters. The van der Waals surface area contributed by atoms with E-state index in [2.05, 4.69) is 4.98 Å². The smallest absolute Gasteiger partial charge is 0.355 e. The lowest BCUT2D eigenvalue weighted by Gasteiger charge is -2.24. The number of aromatic nitrogens is 1. The van der Waals surface area contributed by atoms with Crippen LogP contribution in [0, 0.1) is 13.8 Å². The first-order valence-corrected chi connectivity index (χ1v) is 10.5. The molecule has 1 saturated heterocycles. The molecule has 0 unspecified atom stereocenters. The monoisotopic (exact) mass is 443 g/mol. The maximum absolute atomic E-state index is 13.0. The lowest BCUT2D eigenvalue weighted by atomic mass is 9.97. The Bertz CT molecular complexity index is 1050. The number of aliphatic hydroxyl groups is 1. The maximum atomic E-state index is 13.0. The minimum Gasteiger partial charge on any atom is -0.507 e.